The molecule has 0 heterocycles. The summed E-state index contributed by atoms with van der Waals surface area (Å²) in [5.74, 6) is 0. The van der Waals surface area contributed by atoms with E-state index in [2.05, 4.69) is 17.4 Å². The zero-order chi connectivity index (χ0) is 7.23. The summed E-state index contributed by atoms with van der Waals surface area (Å²) >= 11 is 0. The van der Waals surface area contributed by atoms with Crippen molar-refractivity contribution in [1.29, 1.82) is 0 Å². The van der Waals surface area contributed by atoms with Crippen LogP contribution in [0.1, 0.15) is 5.56 Å². The van der Waals surface area contributed by atoms with Crippen LogP contribution in [0.15, 0.2) is 36.5 Å². The van der Waals surface area contributed by atoms with E-state index < -0.39 is 0 Å². The number of hydrogen-bond acceptors (Lipinski definition) is 1. The average molecular weight is 133 g/mol. The third kappa shape index (κ3) is 1.94. The molecule has 1 aromatic rings. The van der Waals surface area contributed by atoms with Crippen LogP contribution in [-0.2, 0) is 0 Å². The summed E-state index contributed by atoms with van der Waals surface area (Å²) < 4.78 is 0. The minimum absolute atomic E-state index is 1.22. The van der Waals surface area contributed by atoms with Gasteiger partial charge in [0.2, 0.25) is 0 Å². The molecule has 1 rings (SSSR count). The molecule has 0 spiro atoms. The Labute approximate surface area is 61.4 Å². The van der Waals surface area contributed by atoms with Gasteiger partial charge in [-0.3, -0.25) is 0 Å². The molecule has 0 aromatic heterocycles. The van der Waals surface area contributed by atoms with Crippen LogP contribution in [0.25, 0.3) is 6.08 Å². The van der Waals surface area contributed by atoms with Crippen molar-refractivity contribution in [2.24, 2.45) is 0 Å². The normalized spacial score (nSPS) is 10.1. The highest BCUT2D eigenvalue weighted by Crippen LogP contribution is 1.98. The number of nitrogens with one attached hydrogen (secondary N) is 1. The van der Waals surface area contributed by atoms with Gasteiger partial charge in [-0.1, -0.05) is 30.3 Å². The van der Waals surface area contributed by atoms with Crippen LogP contribution in [0.3, 0.4) is 0 Å². The van der Waals surface area contributed by atoms with Gasteiger partial charge in [0.05, 0.1) is 0 Å². The van der Waals surface area contributed by atoms with E-state index in [1.54, 1.807) is 0 Å². The molecular weight excluding hydrogens is 122 g/mol. The summed E-state index contributed by atoms with van der Waals surface area (Å²) in [5, 5.41) is 2.94. The maximum Gasteiger partial charge on any atom is 0.00277 e. The fourth-order valence-corrected chi connectivity index (χ4v) is 0.744. The molecule has 0 aliphatic heterocycles. The Bertz CT molecular complexity index is 201. The van der Waals surface area contributed by atoms with Crippen LogP contribution in [-0.4, -0.2) is 7.05 Å². The van der Waals surface area contributed by atoms with Crippen molar-refractivity contribution in [3.05, 3.63) is 42.1 Å². The summed E-state index contributed by atoms with van der Waals surface area (Å²) in [6, 6.07) is 10.2. The van der Waals surface area contributed by atoms with Crippen molar-refractivity contribution in [2.45, 2.75) is 0 Å². The SMILES string of the molecule is CN/C=C/c1ccccc1. The monoisotopic (exact) mass is 133 g/mol. The summed E-state index contributed by atoms with van der Waals surface area (Å²) in [6.07, 6.45) is 3.94. The Kier molecular flexibility index (Phi) is 2.56. The van der Waals surface area contributed by atoms with Gasteiger partial charge in [-0.2, -0.15) is 0 Å². The standard InChI is InChI=1S/C9H11N/c1-10-8-7-9-5-3-2-4-6-9/h2-8,10H,1H3/b8-7+. The summed E-state index contributed by atoms with van der Waals surface area (Å²) in [7, 11) is 1.89. The molecule has 1 heteroatoms. The van der Waals surface area contributed by atoms with Gasteiger partial charge in [0.15, 0.2) is 0 Å². The lowest BCUT2D eigenvalue weighted by Crippen LogP contribution is -1.90. The quantitative estimate of drug-likeness (QED) is 0.649. The molecule has 0 radical (unpaired) electrons. The van der Waals surface area contributed by atoms with Gasteiger partial charge in [0, 0.05) is 7.05 Å². The van der Waals surface area contributed by atoms with E-state index in [9.17, 15) is 0 Å². The largest absolute Gasteiger partial charge is 0.394 e. The second-order valence-corrected chi connectivity index (χ2v) is 2.03. The highest BCUT2D eigenvalue weighted by Gasteiger charge is 1.78. The first kappa shape index (κ1) is 6.87. The van der Waals surface area contributed by atoms with Crippen molar-refractivity contribution in [3.63, 3.8) is 0 Å². The Morgan fingerprint density at radius 3 is 2.50 bits per heavy atom. The Hall–Kier alpha value is -1.24. The molecule has 0 aliphatic carbocycles. The topological polar surface area (TPSA) is 12.0 Å². The van der Waals surface area contributed by atoms with E-state index in [0.717, 1.165) is 0 Å². The molecule has 0 saturated heterocycles. The van der Waals surface area contributed by atoms with Crippen LogP contribution >= 0.6 is 0 Å². The lowest BCUT2D eigenvalue weighted by atomic mass is 10.2. The van der Waals surface area contributed by atoms with Gasteiger partial charge in [-0.15, -0.1) is 0 Å². The Morgan fingerprint density at radius 2 is 1.90 bits per heavy atom. The maximum absolute atomic E-state index is 2.94. The Morgan fingerprint density at radius 1 is 1.20 bits per heavy atom. The molecule has 1 nitrogen and oxygen atoms in total. The second-order valence-electron chi connectivity index (χ2n) is 2.03. The zero-order valence-corrected chi connectivity index (χ0v) is 6.04. The molecule has 1 N–H and O–H groups in total. The summed E-state index contributed by atoms with van der Waals surface area (Å²) in [4.78, 5) is 0. The summed E-state index contributed by atoms with van der Waals surface area (Å²) in [6.45, 7) is 0. The first-order valence-corrected chi connectivity index (χ1v) is 3.32. The maximum atomic E-state index is 2.94. The van der Waals surface area contributed by atoms with E-state index in [4.69, 9.17) is 0 Å². The van der Waals surface area contributed by atoms with E-state index >= 15 is 0 Å². The minimum atomic E-state index is 1.22. The van der Waals surface area contributed by atoms with Gasteiger partial charge in [-0.05, 0) is 17.8 Å². The van der Waals surface area contributed by atoms with E-state index in [0.29, 0.717) is 0 Å². The first-order chi connectivity index (χ1) is 4.93. The average Bonchev–Trinajstić information content (AvgIpc) is 2.03. The van der Waals surface area contributed by atoms with Crippen molar-refractivity contribution in [1.82, 2.24) is 5.32 Å². The molecule has 0 unspecified atom stereocenters. The zero-order valence-electron chi connectivity index (χ0n) is 6.04. The van der Waals surface area contributed by atoms with Crippen LogP contribution in [0.4, 0.5) is 0 Å². The van der Waals surface area contributed by atoms with Crippen LogP contribution in [0.5, 0.6) is 0 Å². The number of rotatable bonds is 2. The predicted molar refractivity (Wildman–Crippen MR) is 44.5 cm³/mol. The van der Waals surface area contributed by atoms with Gasteiger partial charge < -0.3 is 5.32 Å². The third-order valence-corrected chi connectivity index (χ3v) is 1.24. The molecule has 0 saturated carbocycles. The van der Waals surface area contributed by atoms with E-state index in [-0.39, 0.29) is 0 Å². The highest BCUT2D eigenvalue weighted by atomic mass is 14.8. The van der Waals surface area contributed by atoms with Gasteiger partial charge >= 0.3 is 0 Å². The highest BCUT2D eigenvalue weighted by molar-refractivity contribution is 5.48. The Balaban J connectivity index is 2.67. The molecule has 0 fully saturated rings. The van der Waals surface area contributed by atoms with Crippen molar-refractivity contribution >= 4 is 6.08 Å². The van der Waals surface area contributed by atoms with E-state index in [1.165, 1.54) is 5.56 Å². The van der Waals surface area contributed by atoms with Crippen molar-refractivity contribution in [2.75, 3.05) is 7.05 Å². The van der Waals surface area contributed by atoms with Crippen molar-refractivity contribution < 1.29 is 0 Å². The van der Waals surface area contributed by atoms with Gasteiger partial charge in [0.1, 0.15) is 0 Å². The minimum Gasteiger partial charge on any atom is -0.394 e. The molecule has 1 aromatic carbocycles. The number of hydrogen-bond donors (Lipinski definition) is 1. The predicted octanol–water partition coefficient (Wildman–Crippen LogP) is 1.88. The molecule has 0 aliphatic rings. The van der Waals surface area contributed by atoms with Gasteiger partial charge in [0.25, 0.3) is 0 Å². The second kappa shape index (κ2) is 3.72. The van der Waals surface area contributed by atoms with E-state index in [1.807, 2.05) is 37.5 Å². The van der Waals surface area contributed by atoms with Gasteiger partial charge in [-0.25, -0.2) is 0 Å². The van der Waals surface area contributed by atoms with Crippen molar-refractivity contribution in [3.8, 4) is 0 Å². The molecule has 0 atom stereocenters. The fraction of sp³-hybridized carbons (Fsp3) is 0.111. The van der Waals surface area contributed by atoms with Crippen LogP contribution in [0.2, 0.25) is 0 Å². The fourth-order valence-electron chi connectivity index (χ4n) is 0.744. The lowest BCUT2D eigenvalue weighted by Gasteiger charge is -1.89. The van der Waals surface area contributed by atoms with Crippen LogP contribution in [0, 0.1) is 0 Å². The molecule has 10 heavy (non-hydrogen) atoms. The molecule has 0 bridgehead atoms. The third-order valence-electron chi connectivity index (χ3n) is 1.24. The smallest absolute Gasteiger partial charge is 0.00277 e. The first-order valence-electron chi connectivity index (χ1n) is 3.32. The summed E-state index contributed by atoms with van der Waals surface area (Å²) in [5.41, 5.74) is 1.22. The lowest BCUT2D eigenvalue weighted by molar-refractivity contribution is 1.11. The van der Waals surface area contributed by atoms with Crippen LogP contribution < -0.4 is 5.32 Å². The molecular formula is C9H11N. The molecule has 52 valence electrons. The molecule has 0 amide bonds. The number of benzene rings is 1.